The normalized spacial score (nSPS) is 19.5. The van der Waals surface area contributed by atoms with Gasteiger partial charge >= 0.3 is 5.63 Å². The van der Waals surface area contributed by atoms with Crippen LogP contribution in [-0.4, -0.2) is 6.04 Å². The molecule has 128 valence electrons. The van der Waals surface area contributed by atoms with Crippen molar-refractivity contribution < 1.29 is 22.3 Å². The molecule has 0 radical (unpaired) electrons. The number of fused-ring (bicyclic) bond motifs is 3. The van der Waals surface area contributed by atoms with Gasteiger partial charge in [0.1, 0.15) is 23.3 Å². The van der Waals surface area contributed by atoms with E-state index in [2.05, 4.69) is 0 Å². The van der Waals surface area contributed by atoms with Gasteiger partial charge in [0.05, 0.1) is 6.04 Å². The van der Waals surface area contributed by atoms with E-state index in [0.717, 1.165) is 6.07 Å². The molecule has 0 bridgehead atoms. The standard InChI is InChI=1S/C18H12F3NO3/c19-11-7-13(21)12(20)5-9(11)18-14(22)6-10-15(24-18)3-1-8-2-4-16(23)25-17(8)10/h1-5,7,14,18H,6,22H2/t14-,18+/m0/s1. The second kappa shape index (κ2) is 5.63. The van der Waals surface area contributed by atoms with Crippen LogP contribution in [0.4, 0.5) is 13.2 Å². The van der Waals surface area contributed by atoms with Gasteiger partial charge in [-0.05, 0) is 30.7 Å². The molecule has 1 aliphatic heterocycles. The molecule has 1 aliphatic rings. The summed E-state index contributed by atoms with van der Waals surface area (Å²) >= 11 is 0. The third-order valence-electron chi connectivity index (χ3n) is 4.28. The Morgan fingerprint density at radius 1 is 1.00 bits per heavy atom. The summed E-state index contributed by atoms with van der Waals surface area (Å²) in [6, 6.07) is 6.74. The summed E-state index contributed by atoms with van der Waals surface area (Å²) < 4.78 is 51.7. The van der Waals surface area contributed by atoms with E-state index in [1.165, 1.54) is 6.07 Å². The fourth-order valence-corrected chi connectivity index (χ4v) is 3.09. The van der Waals surface area contributed by atoms with Crippen LogP contribution in [0.25, 0.3) is 11.0 Å². The molecule has 0 aliphatic carbocycles. The molecule has 25 heavy (non-hydrogen) atoms. The van der Waals surface area contributed by atoms with Gasteiger partial charge in [-0.2, -0.15) is 0 Å². The Bertz CT molecular complexity index is 1050. The molecule has 3 aromatic rings. The maximum Gasteiger partial charge on any atom is 0.336 e. The van der Waals surface area contributed by atoms with Crippen molar-refractivity contribution >= 4 is 11.0 Å². The van der Waals surface area contributed by atoms with E-state index < -0.39 is 35.2 Å². The molecule has 1 aromatic heterocycles. The van der Waals surface area contributed by atoms with Crippen LogP contribution in [0.1, 0.15) is 17.2 Å². The van der Waals surface area contributed by atoms with Crippen molar-refractivity contribution in [2.45, 2.75) is 18.6 Å². The van der Waals surface area contributed by atoms with E-state index in [1.807, 2.05) is 0 Å². The molecule has 0 spiro atoms. The average Bonchev–Trinajstić information content (AvgIpc) is 2.58. The van der Waals surface area contributed by atoms with Crippen LogP contribution in [0.3, 0.4) is 0 Å². The van der Waals surface area contributed by atoms with Gasteiger partial charge in [-0.3, -0.25) is 0 Å². The minimum atomic E-state index is -1.28. The maximum atomic E-state index is 14.1. The number of benzene rings is 2. The first kappa shape index (κ1) is 15.7. The van der Waals surface area contributed by atoms with Crippen molar-refractivity contribution in [2.24, 2.45) is 5.73 Å². The van der Waals surface area contributed by atoms with Crippen LogP contribution in [0.2, 0.25) is 0 Å². The van der Waals surface area contributed by atoms with Crippen molar-refractivity contribution in [3.63, 3.8) is 0 Å². The zero-order valence-corrected chi connectivity index (χ0v) is 12.8. The predicted molar refractivity (Wildman–Crippen MR) is 83.8 cm³/mol. The SMILES string of the molecule is N[C@H]1Cc2c(ccc3ccc(=O)oc23)O[C@@H]1c1cc(F)c(F)cc1F. The number of hydrogen-bond acceptors (Lipinski definition) is 4. The van der Waals surface area contributed by atoms with Gasteiger partial charge in [-0.15, -0.1) is 0 Å². The van der Waals surface area contributed by atoms with E-state index >= 15 is 0 Å². The quantitative estimate of drug-likeness (QED) is 0.542. The largest absolute Gasteiger partial charge is 0.484 e. The molecule has 0 saturated carbocycles. The van der Waals surface area contributed by atoms with E-state index in [0.29, 0.717) is 28.3 Å². The topological polar surface area (TPSA) is 65.5 Å². The lowest BCUT2D eigenvalue weighted by atomic mass is 9.92. The van der Waals surface area contributed by atoms with Crippen LogP contribution in [0.15, 0.2) is 45.6 Å². The van der Waals surface area contributed by atoms with Gasteiger partial charge < -0.3 is 14.9 Å². The van der Waals surface area contributed by atoms with Gasteiger partial charge in [-0.1, -0.05) is 0 Å². The van der Waals surface area contributed by atoms with Crippen LogP contribution in [-0.2, 0) is 6.42 Å². The molecular weight excluding hydrogens is 335 g/mol. The van der Waals surface area contributed by atoms with Gasteiger partial charge in [-0.25, -0.2) is 18.0 Å². The summed E-state index contributed by atoms with van der Waals surface area (Å²) in [5, 5.41) is 0.701. The molecule has 0 amide bonds. The van der Waals surface area contributed by atoms with Crippen LogP contribution in [0, 0.1) is 17.5 Å². The molecule has 2 aromatic carbocycles. The first-order chi connectivity index (χ1) is 11.9. The summed E-state index contributed by atoms with van der Waals surface area (Å²) in [7, 11) is 0. The second-order valence-corrected chi connectivity index (χ2v) is 5.91. The number of rotatable bonds is 1. The highest BCUT2D eigenvalue weighted by Crippen LogP contribution is 2.38. The lowest BCUT2D eigenvalue weighted by molar-refractivity contribution is 0.149. The highest BCUT2D eigenvalue weighted by Gasteiger charge is 2.33. The third kappa shape index (κ3) is 2.56. The Morgan fingerprint density at radius 2 is 1.72 bits per heavy atom. The van der Waals surface area contributed by atoms with E-state index in [1.54, 1.807) is 18.2 Å². The van der Waals surface area contributed by atoms with Gasteiger partial charge in [0.15, 0.2) is 11.6 Å². The zero-order valence-electron chi connectivity index (χ0n) is 12.8. The van der Waals surface area contributed by atoms with Crippen LogP contribution in [0.5, 0.6) is 5.75 Å². The monoisotopic (exact) mass is 347 g/mol. The molecule has 0 unspecified atom stereocenters. The molecule has 7 heteroatoms. The van der Waals surface area contributed by atoms with Crippen molar-refractivity contribution in [1.29, 1.82) is 0 Å². The predicted octanol–water partition coefficient (Wildman–Crippen LogP) is 3.21. The zero-order chi connectivity index (χ0) is 17.7. The summed E-state index contributed by atoms with van der Waals surface area (Å²) in [4.78, 5) is 11.5. The number of halogens is 3. The fraction of sp³-hybridized carbons (Fsp3) is 0.167. The summed E-state index contributed by atoms with van der Waals surface area (Å²) in [6.45, 7) is 0. The fourth-order valence-electron chi connectivity index (χ4n) is 3.09. The molecule has 0 fully saturated rings. The van der Waals surface area contributed by atoms with E-state index in [-0.39, 0.29) is 12.0 Å². The Morgan fingerprint density at radius 3 is 2.52 bits per heavy atom. The Kier molecular flexibility index (Phi) is 3.54. The molecule has 2 N–H and O–H groups in total. The lowest BCUT2D eigenvalue weighted by Gasteiger charge is -2.32. The Hall–Kier alpha value is -2.80. The van der Waals surface area contributed by atoms with Crippen molar-refractivity contribution in [3.8, 4) is 5.75 Å². The summed E-state index contributed by atoms with van der Waals surface area (Å²) in [6.07, 6.45) is -0.765. The van der Waals surface area contributed by atoms with Gasteiger partial charge in [0, 0.05) is 28.6 Å². The van der Waals surface area contributed by atoms with Crippen molar-refractivity contribution in [1.82, 2.24) is 0 Å². The summed E-state index contributed by atoms with van der Waals surface area (Å²) in [5.74, 6) is -3.03. The third-order valence-corrected chi connectivity index (χ3v) is 4.28. The molecule has 4 rings (SSSR count). The Balaban J connectivity index is 1.82. The highest BCUT2D eigenvalue weighted by molar-refractivity contribution is 5.82. The summed E-state index contributed by atoms with van der Waals surface area (Å²) in [5.41, 5.74) is 6.35. The van der Waals surface area contributed by atoms with Crippen LogP contribution >= 0.6 is 0 Å². The van der Waals surface area contributed by atoms with E-state index in [9.17, 15) is 18.0 Å². The smallest absolute Gasteiger partial charge is 0.336 e. The van der Waals surface area contributed by atoms with Crippen LogP contribution < -0.4 is 16.1 Å². The van der Waals surface area contributed by atoms with Crippen molar-refractivity contribution in [3.05, 3.63) is 75.4 Å². The van der Waals surface area contributed by atoms with Gasteiger partial charge in [0.25, 0.3) is 0 Å². The highest BCUT2D eigenvalue weighted by atomic mass is 19.2. The first-order valence-corrected chi connectivity index (χ1v) is 7.56. The molecular formula is C18H12F3NO3. The minimum absolute atomic E-state index is 0.160. The minimum Gasteiger partial charge on any atom is -0.484 e. The number of ether oxygens (including phenoxy) is 1. The average molecular weight is 347 g/mol. The molecule has 2 heterocycles. The Labute approximate surface area is 139 Å². The maximum absolute atomic E-state index is 14.1. The van der Waals surface area contributed by atoms with Crippen molar-refractivity contribution in [2.75, 3.05) is 0 Å². The van der Waals surface area contributed by atoms with Gasteiger partial charge in [0.2, 0.25) is 0 Å². The molecule has 4 nitrogen and oxygen atoms in total. The molecule has 2 atom stereocenters. The second-order valence-electron chi connectivity index (χ2n) is 5.91. The lowest BCUT2D eigenvalue weighted by Crippen LogP contribution is -2.38. The number of nitrogens with two attached hydrogens (primary N) is 1. The van der Waals surface area contributed by atoms with E-state index in [4.69, 9.17) is 14.9 Å². The number of hydrogen-bond donors (Lipinski definition) is 1. The first-order valence-electron chi connectivity index (χ1n) is 7.56. The molecule has 0 saturated heterocycles.